The first kappa shape index (κ1) is 18.6. The summed E-state index contributed by atoms with van der Waals surface area (Å²) in [5.41, 5.74) is 2.73. The minimum atomic E-state index is -0.458. The fourth-order valence-corrected chi connectivity index (χ4v) is 3.21. The minimum absolute atomic E-state index is 0.0715. The van der Waals surface area contributed by atoms with E-state index >= 15 is 0 Å². The van der Waals surface area contributed by atoms with E-state index in [1.165, 1.54) is 0 Å². The second-order valence-corrected chi connectivity index (χ2v) is 6.64. The molecule has 1 saturated heterocycles. The predicted octanol–water partition coefficient (Wildman–Crippen LogP) is 2.74. The Morgan fingerprint density at radius 3 is 2.67 bits per heavy atom. The van der Waals surface area contributed by atoms with Gasteiger partial charge >= 0.3 is 0 Å². The van der Waals surface area contributed by atoms with Crippen molar-refractivity contribution in [1.29, 1.82) is 0 Å². The Kier molecular flexibility index (Phi) is 5.54. The lowest BCUT2D eigenvalue weighted by Crippen LogP contribution is -2.29. The first-order valence-corrected chi connectivity index (χ1v) is 9.04. The number of hydrogen-bond acceptors (Lipinski definition) is 3. The fraction of sp³-hybridized carbons (Fsp3) is 0.286. The molecule has 1 fully saturated rings. The molecule has 27 heavy (non-hydrogen) atoms. The maximum absolute atomic E-state index is 12.7. The largest absolute Gasteiger partial charge is 0.352 e. The Morgan fingerprint density at radius 1 is 1.15 bits per heavy atom. The third kappa shape index (κ3) is 4.16. The summed E-state index contributed by atoms with van der Waals surface area (Å²) in [5, 5.41) is 5.55. The molecule has 1 heterocycles. The van der Waals surface area contributed by atoms with Crippen molar-refractivity contribution in [3.8, 4) is 0 Å². The lowest BCUT2D eigenvalue weighted by Gasteiger charge is -2.17. The molecule has 2 N–H and O–H groups in total. The normalized spacial score (nSPS) is 16.3. The zero-order valence-electron chi connectivity index (χ0n) is 15.5. The summed E-state index contributed by atoms with van der Waals surface area (Å²) < 4.78 is 0. The van der Waals surface area contributed by atoms with Crippen LogP contribution in [0, 0.1) is 12.8 Å². The molecule has 1 aliphatic heterocycles. The van der Waals surface area contributed by atoms with Gasteiger partial charge in [-0.1, -0.05) is 24.3 Å². The summed E-state index contributed by atoms with van der Waals surface area (Å²) in [7, 11) is 0. The maximum Gasteiger partial charge on any atom is 0.253 e. The molecule has 2 aromatic carbocycles. The minimum Gasteiger partial charge on any atom is -0.352 e. The van der Waals surface area contributed by atoms with Crippen LogP contribution in [0.3, 0.4) is 0 Å². The number of aryl methyl sites for hydroxylation is 1. The van der Waals surface area contributed by atoms with Crippen LogP contribution in [-0.2, 0) is 9.59 Å². The van der Waals surface area contributed by atoms with Crippen LogP contribution in [0.25, 0.3) is 0 Å². The lowest BCUT2D eigenvalue weighted by molar-refractivity contribution is -0.122. The van der Waals surface area contributed by atoms with Crippen molar-refractivity contribution < 1.29 is 14.4 Å². The average Bonchev–Trinajstić information content (AvgIpc) is 3.04. The Bertz CT molecular complexity index is 878. The highest BCUT2D eigenvalue weighted by molar-refractivity contribution is 6.07. The smallest absolute Gasteiger partial charge is 0.253 e. The average molecular weight is 365 g/mol. The van der Waals surface area contributed by atoms with Gasteiger partial charge in [-0.15, -0.1) is 0 Å². The quantitative estimate of drug-likeness (QED) is 0.855. The Hall–Kier alpha value is -3.15. The molecule has 6 nitrogen and oxygen atoms in total. The molecule has 140 valence electrons. The molecule has 0 saturated carbocycles. The summed E-state index contributed by atoms with van der Waals surface area (Å²) in [6.07, 6.45) is 0.156. The van der Waals surface area contributed by atoms with Gasteiger partial charge in [0.05, 0.1) is 17.2 Å². The molecular weight excluding hydrogens is 342 g/mol. The molecule has 1 aliphatic rings. The number of hydrogen-bond donors (Lipinski definition) is 2. The van der Waals surface area contributed by atoms with Crippen LogP contribution >= 0.6 is 0 Å². The molecule has 0 spiro atoms. The molecule has 3 amide bonds. The maximum atomic E-state index is 12.7. The van der Waals surface area contributed by atoms with Gasteiger partial charge in [-0.3, -0.25) is 14.4 Å². The van der Waals surface area contributed by atoms with Crippen molar-refractivity contribution in [1.82, 2.24) is 5.32 Å². The number of nitrogens with one attached hydrogen (secondary N) is 2. The van der Waals surface area contributed by atoms with Gasteiger partial charge in [0.15, 0.2) is 0 Å². The van der Waals surface area contributed by atoms with Crippen LogP contribution in [-0.4, -0.2) is 30.8 Å². The van der Waals surface area contributed by atoms with E-state index < -0.39 is 5.92 Å². The molecule has 0 aromatic heterocycles. The standard InChI is InChI=1S/C21H23N3O3/c1-3-22-21(27)17-9-4-5-10-18(17)23-20(26)15-12-19(25)24(13-15)16-8-6-7-14(2)11-16/h4-11,15H,3,12-13H2,1-2H3,(H,22,27)(H,23,26)/t15-/m0/s1. The zero-order chi connectivity index (χ0) is 19.4. The first-order chi connectivity index (χ1) is 13.0. The topological polar surface area (TPSA) is 78.5 Å². The van der Waals surface area contributed by atoms with Gasteiger partial charge in [0.2, 0.25) is 11.8 Å². The molecule has 0 aliphatic carbocycles. The highest BCUT2D eigenvalue weighted by Gasteiger charge is 2.35. The van der Waals surface area contributed by atoms with Crippen LogP contribution in [0.4, 0.5) is 11.4 Å². The molecule has 0 radical (unpaired) electrons. The summed E-state index contributed by atoms with van der Waals surface area (Å²) in [6, 6.07) is 14.5. The lowest BCUT2D eigenvalue weighted by atomic mass is 10.1. The summed E-state index contributed by atoms with van der Waals surface area (Å²) in [4.78, 5) is 38.9. The predicted molar refractivity (Wildman–Crippen MR) is 105 cm³/mol. The van der Waals surface area contributed by atoms with Crippen molar-refractivity contribution in [2.24, 2.45) is 5.92 Å². The fourth-order valence-electron chi connectivity index (χ4n) is 3.21. The molecule has 0 bridgehead atoms. The van der Waals surface area contributed by atoms with Crippen molar-refractivity contribution >= 4 is 29.1 Å². The van der Waals surface area contributed by atoms with Crippen molar-refractivity contribution in [2.75, 3.05) is 23.3 Å². The second-order valence-electron chi connectivity index (χ2n) is 6.64. The van der Waals surface area contributed by atoms with Gasteiger partial charge in [0.25, 0.3) is 5.91 Å². The summed E-state index contributed by atoms with van der Waals surface area (Å²) in [5.74, 6) is -1.02. The Labute approximate surface area is 158 Å². The third-order valence-electron chi connectivity index (χ3n) is 4.58. The van der Waals surface area contributed by atoms with Gasteiger partial charge in [-0.05, 0) is 43.7 Å². The van der Waals surface area contributed by atoms with Crippen molar-refractivity contribution in [3.05, 3.63) is 59.7 Å². The molecule has 0 unspecified atom stereocenters. The van der Waals surface area contributed by atoms with Gasteiger partial charge in [0.1, 0.15) is 0 Å². The van der Waals surface area contributed by atoms with E-state index in [1.54, 1.807) is 29.2 Å². The molecule has 6 heteroatoms. The number of carbonyl (C=O) groups excluding carboxylic acids is 3. The number of amides is 3. The van der Waals surface area contributed by atoms with E-state index in [2.05, 4.69) is 10.6 Å². The van der Waals surface area contributed by atoms with Crippen LogP contribution in [0.1, 0.15) is 29.3 Å². The number of nitrogens with zero attached hydrogens (tertiary/aromatic N) is 1. The van der Waals surface area contributed by atoms with Crippen LogP contribution in [0.2, 0.25) is 0 Å². The van der Waals surface area contributed by atoms with E-state index in [0.29, 0.717) is 24.3 Å². The van der Waals surface area contributed by atoms with E-state index in [1.807, 2.05) is 38.1 Å². The van der Waals surface area contributed by atoms with Crippen LogP contribution < -0.4 is 15.5 Å². The number of anilines is 2. The van der Waals surface area contributed by atoms with E-state index in [-0.39, 0.29) is 24.1 Å². The van der Waals surface area contributed by atoms with Gasteiger partial charge in [-0.2, -0.15) is 0 Å². The zero-order valence-corrected chi connectivity index (χ0v) is 15.5. The van der Waals surface area contributed by atoms with Crippen LogP contribution in [0.5, 0.6) is 0 Å². The Morgan fingerprint density at radius 2 is 1.93 bits per heavy atom. The SMILES string of the molecule is CCNC(=O)c1ccccc1NC(=O)[C@H]1CC(=O)N(c2cccc(C)c2)C1. The first-order valence-electron chi connectivity index (χ1n) is 9.04. The van der Waals surface area contributed by atoms with Gasteiger partial charge in [-0.25, -0.2) is 0 Å². The van der Waals surface area contributed by atoms with Gasteiger partial charge in [0, 0.05) is 25.2 Å². The highest BCUT2D eigenvalue weighted by atomic mass is 16.2. The second kappa shape index (κ2) is 8.03. The van der Waals surface area contributed by atoms with Gasteiger partial charge < -0.3 is 15.5 Å². The van der Waals surface area contributed by atoms with Crippen molar-refractivity contribution in [3.63, 3.8) is 0 Å². The number of carbonyl (C=O) groups is 3. The van der Waals surface area contributed by atoms with E-state index in [9.17, 15) is 14.4 Å². The summed E-state index contributed by atoms with van der Waals surface area (Å²) in [6.45, 7) is 4.64. The summed E-state index contributed by atoms with van der Waals surface area (Å²) >= 11 is 0. The van der Waals surface area contributed by atoms with E-state index in [4.69, 9.17) is 0 Å². The molecule has 3 rings (SSSR count). The molecular formula is C21H23N3O3. The molecule has 1 atom stereocenters. The number of benzene rings is 2. The van der Waals surface area contributed by atoms with Crippen LogP contribution in [0.15, 0.2) is 48.5 Å². The Balaban J connectivity index is 1.73. The number of rotatable bonds is 5. The highest BCUT2D eigenvalue weighted by Crippen LogP contribution is 2.27. The monoisotopic (exact) mass is 365 g/mol. The van der Waals surface area contributed by atoms with Crippen molar-refractivity contribution in [2.45, 2.75) is 20.3 Å². The third-order valence-corrected chi connectivity index (χ3v) is 4.58. The molecule has 2 aromatic rings. The number of para-hydroxylation sites is 1. The van der Waals surface area contributed by atoms with E-state index in [0.717, 1.165) is 11.3 Å².